The van der Waals surface area contributed by atoms with Crippen LogP contribution in [0.3, 0.4) is 0 Å². The predicted octanol–water partition coefficient (Wildman–Crippen LogP) is 0.757. The van der Waals surface area contributed by atoms with Gasteiger partial charge in [0.2, 0.25) is 11.0 Å². The standard InChI is InChI=1S/C11H16N6OS/c1-3-8-13-4-5-17(8)6-9(18)14-7(2)10-15-16-11(12)19-10/h4-5,7H,3,6H2,1-2H3,(H2,12,16)(H,14,18)/t7-/m1/s1. The number of carbonyl (C=O) groups excluding carboxylic acids is 1. The molecule has 0 aliphatic carbocycles. The Labute approximate surface area is 114 Å². The Morgan fingerprint density at radius 3 is 3.00 bits per heavy atom. The van der Waals surface area contributed by atoms with E-state index in [1.54, 1.807) is 12.4 Å². The highest BCUT2D eigenvalue weighted by atomic mass is 32.1. The Morgan fingerprint density at radius 2 is 2.37 bits per heavy atom. The van der Waals surface area contributed by atoms with Crippen molar-refractivity contribution in [3.05, 3.63) is 23.2 Å². The van der Waals surface area contributed by atoms with E-state index in [1.165, 1.54) is 11.3 Å². The van der Waals surface area contributed by atoms with Crippen molar-refractivity contribution in [1.82, 2.24) is 25.1 Å². The quantitative estimate of drug-likeness (QED) is 0.842. The minimum Gasteiger partial charge on any atom is -0.374 e. The molecular weight excluding hydrogens is 264 g/mol. The second kappa shape index (κ2) is 5.79. The molecule has 2 aromatic rings. The van der Waals surface area contributed by atoms with E-state index in [0.29, 0.717) is 10.1 Å². The van der Waals surface area contributed by atoms with Crippen LogP contribution in [0.5, 0.6) is 0 Å². The van der Waals surface area contributed by atoms with Gasteiger partial charge in [0.05, 0.1) is 6.04 Å². The van der Waals surface area contributed by atoms with Crippen molar-refractivity contribution in [2.45, 2.75) is 32.9 Å². The molecule has 7 nitrogen and oxygen atoms in total. The molecule has 2 rings (SSSR count). The van der Waals surface area contributed by atoms with Crippen molar-refractivity contribution in [2.24, 2.45) is 0 Å². The summed E-state index contributed by atoms with van der Waals surface area (Å²) in [6.45, 7) is 4.11. The minimum atomic E-state index is -0.198. The number of nitrogen functional groups attached to an aromatic ring is 1. The summed E-state index contributed by atoms with van der Waals surface area (Å²) in [5, 5.41) is 11.6. The molecule has 2 heterocycles. The Bertz CT molecular complexity index is 563. The van der Waals surface area contributed by atoms with E-state index >= 15 is 0 Å². The average molecular weight is 280 g/mol. The molecule has 1 atom stereocenters. The van der Waals surface area contributed by atoms with E-state index < -0.39 is 0 Å². The molecule has 102 valence electrons. The van der Waals surface area contributed by atoms with Crippen LogP contribution in [0.2, 0.25) is 0 Å². The first-order valence-corrected chi connectivity index (χ1v) is 6.80. The number of imidazole rings is 1. The maximum absolute atomic E-state index is 11.9. The predicted molar refractivity (Wildman–Crippen MR) is 72.5 cm³/mol. The molecule has 3 N–H and O–H groups in total. The highest BCUT2D eigenvalue weighted by Gasteiger charge is 2.14. The van der Waals surface area contributed by atoms with E-state index in [0.717, 1.165) is 12.2 Å². The van der Waals surface area contributed by atoms with E-state index in [9.17, 15) is 4.79 Å². The second-order valence-electron chi connectivity index (χ2n) is 4.09. The van der Waals surface area contributed by atoms with Gasteiger partial charge < -0.3 is 15.6 Å². The number of nitrogens with zero attached hydrogens (tertiary/aromatic N) is 4. The van der Waals surface area contributed by atoms with Gasteiger partial charge in [-0.3, -0.25) is 4.79 Å². The van der Waals surface area contributed by atoms with Gasteiger partial charge in [-0.15, -0.1) is 10.2 Å². The number of amides is 1. The van der Waals surface area contributed by atoms with Crippen LogP contribution in [-0.4, -0.2) is 25.7 Å². The summed E-state index contributed by atoms with van der Waals surface area (Å²) in [6, 6.07) is -0.198. The third-order valence-electron chi connectivity index (χ3n) is 2.64. The third-order valence-corrected chi connectivity index (χ3v) is 3.57. The van der Waals surface area contributed by atoms with Crippen LogP contribution < -0.4 is 11.1 Å². The first-order chi connectivity index (χ1) is 9.10. The van der Waals surface area contributed by atoms with Gasteiger partial charge in [0.1, 0.15) is 17.4 Å². The first-order valence-electron chi connectivity index (χ1n) is 5.98. The third kappa shape index (κ3) is 3.28. The summed E-state index contributed by atoms with van der Waals surface area (Å²) >= 11 is 1.28. The number of aromatic nitrogens is 4. The van der Waals surface area contributed by atoms with Crippen molar-refractivity contribution >= 4 is 22.4 Å². The SMILES string of the molecule is CCc1nccn1CC(=O)N[C@H](C)c1nnc(N)s1. The monoisotopic (exact) mass is 280 g/mol. The number of nitrogens with one attached hydrogen (secondary N) is 1. The molecule has 0 saturated heterocycles. The van der Waals surface area contributed by atoms with Gasteiger partial charge >= 0.3 is 0 Å². The van der Waals surface area contributed by atoms with Crippen molar-refractivity contribution in [3.63, 3.8) is 0 Å². The smallest absolute Gasteiger partial charge is 0.240 e. The molecule has 0 aliphatic heterocycles. The Balaban J connectivity index is 1.94. The van der Waals surface area contributed by atoms with Crippen LogP contribution in [-0.2, 0) is 17.8 Å². The van der Waals surface area contributed by atoms with E-state index in [1.807, 2.05) is 18.4 Å². The molecule has 0 aliphatic rings. The zero-order valence-electron chi connectivity index (χ0n) is 10.8. The molecule has 0 bridgehead atoms. The van der Waals surface area contributed by atoms with Crippen LogP contribution in [0.4, 0.5) is 5.13 Å². The van der Waals surface area contributed by atoms with Gasteiger partial charge in [0.15, 0.2) is 0 Å². The van der Waals surface area contributed by atoms with E-state index in [-0.39, 0.29) is 18.5 Å². The maximum Gasteiger partial charge on any atom is 0.240 e. The molecule has 1 amide bonds. The Hall–Kier alpha value is -1.96. The number of aryl methyl sites for hydroxylation is 1. The fraction of sp³-hybridized carbons (Fsp3) is 0.455. The molecule has 0 aromatic carbocycles. The molecule has 0 unspecified atom stereocenters. The molecule has 0 spiro atoms. The zero-order valence-corrected chi connectivity index (χ0v) is 11.6. The minimum absolute atomic E-state index is 0.0889. The van der Waals surface area contributed by atoms with Crippen LogP contribution in [0, 0.1) is 0 Å². The largest absolute Gasteiger partial charge is 0.374 e. The van der Waals surface area contributed by atoms with Crippen molar-refractivity contribution < 1.29 is 4.79 Å². The lowest BCUT2D eigenvalue weighted by molar-refractivity contribution is -0.122. The zero-order chi connectivity index (χ0) is 13.8. The van der Waals surface area contributed by atoms with Gasteiger partial charge in [-0.1, -0.05) is 18.3 Å². The molecule has 19 heavy (non-hydrogen) atoms. The molecular formula is C11H16N6OS. The topological polar surface area (TPSA) is 98.7 Å². The number of hydrogen-bond acceptors (Lipinski definition) is 6. The summed E-state index contributed by atoms with van der Waals surface area (Å²) in [5.41, 5.74) is 5.51. The number of carbonyl (C=O) groups is 1. The van der Waals surface area contributed by atoms with Crippen molar-refractivity contribution in [3.8, 4) is 0 Å². The fourth-order valence-corrected chi connectivity index (χ4v) is 2.34. The lowest BCUT2D eigenvalue weighted by Gasteiger charge is -2.12. The van der Waals surface area contributed by atoms with Crippen LogP contribution >= 0.6 is 11.3 Å². The molecule has 0 fully saturated rings. The van der Waals surface area contributed by atoms with Crippen molar-refractivity contribution in [2.75, 3.05) is 5.73 Å². The molecule has 0 radical (unpaired) electrons. The summed E-state index contributed by atoms with van der Waals surface area (Å²) in [4.78, 5) is 16.1. The van der Waals surface area contributed by atoms with Gasteiger partial charge in [-0.05, 0) is 6.92 Å². The van der Waals surface area contributed by atoms with E-state index in [4.69, 9.17) is 5.73 Å². The normalized spacial score (nSPS) is 12.3. The fourth-order valence-electron chi connectivity index (χ4n) is 1.72. The highest BCUT2D eigenvalue weighted by molar-refractivity contribution is 7.15. The molecule has 0 saturated carbocycles. The molecule has 2 aromatic heterocycles. The summed E-state index contributed by atoms with van der Waals surface area (Å²) in [5.74, 6) is 0.803. The Kier molecular flexibility index (Phi) is 4.10. The maximum atomic E-state index is 11.9. The number of anilines is 1. The molecule has 8 heteroatoms. The van der Waals surface area contributed by atoms with Crippen molar-refractivity contribution in [1.29, 1.82) is 0 Å². The number of rotatable bonds is 5. The lowest BCUT2D eigenvalue weighted by Crippen LogP contribution is -2.30. The van der Waals surface area contributed by atoms with E-state index in [2.05, 4.69) is 20.5 Å². The summed E-state index contributed by atoms with van der Waals surface area (Å²) in [7, 11) is 0. The highest BCUT2D eigenvalue weighted by Crippen LogP contribution is 2.18. The van der Waals surface area contributed by atoms with Crippen LogP contribution in [0.1, 0.15) is 30.7 Å². The number of nitrogens with two attached hydrogens (primary N) is 1. The second-order valence-corrected chi connectivity index (χ2v) is 5.13. The van der Waals surface area contributed by atoms with Gasteiger partial charge in [-0.2, -0.15) is 0 Å². The summed E-state index contributed by atoms with van der Waals surface area (Å²) < 4.78 is 1.83. The Morgan fingerprint density at radius 1 is 1.58 bits per heavy atom. The van der Waals surface area contributed by atoms with Crippen LogP contribution in [0.25, 0.3) is 0 Å². The summed E-state index contributed by atoms with van der Waals surface area (Å²) in [6.07, 6.45) is 4.29. The first kappa shape index (κ1) is 13.5. The van der Waals surface area contributed by atoms with Crippen LogP contribution in [0.15, 0.2) is 12.4 Å². The van der Waals surface area contributed by atoms with Gasteiger partial charge in [0.25, 0.3) is 0 Å². The lowest BCUT2D eigenvalue weighted by atomic mass is 10.3. The number of hydrogen-bond donors (Lipinski definition) is 2. The van der Waals surface area contributed by atoms with Gasteiger partial charge in [-0.25, -0.2) is 4.98 Å². The average Bonchev–Trinajstić information content (AvgIpc) is 2.97. The van der Waals surface area contributed by atoms with Gasteiger partial charge in [0, 0.05) is 18.8 Å².